The molecule has 60 heavy (non-hydrogen) atoms. The Bertz CT molecular complexity index is 1140. The number of carbonyl (C=O) groups is 3. The molecule has 0 spiro atoms. The number of carbonyl (C=O) groups excluding carboxylic acids is 3. The molecule has 344 valence electrons. The Balaban J connectivity index is 4.48. The van der Waals surface area contributed by atoms with Crippen LogP contribution >= 0.6 is 0 Å². The fraction of sp³-hybridized carbons (Fsp3) is 0.722. The largest absolute Gasteiger partial charge is 0.462 e. The summed E-state index contributed by atoms with van der Waals surface area (Å²) < 4.78 is 16.7. The molecule has 0 fully saturated rings. The van der Waals surface area contributed by atoms with Crippen molar-refractivity contribution in [3.63, 3.8) is 0 Å². The van der Waals surface area contributed by atoms with Crippen LogP contribution in [0.5, 0.6) is 0 Å². The maximum atomic E-state index is 12.8. The third-order valence-corrected chi connectivity index (χ3v) is 10.4. The molecule has 6 heteroatoms. The molecule has 0 amide bonds. The first-order chi connectivity index (χ1) is 29.5. The van der Waals surface area contributed by atoms with E-state index < -0.39 is 6.10 Å². The Morgan fingerprint density at radius 3 is 1.10 bits per heavy atom. The molecular weight excluding hydrogens is 745 g/mol. The van der Waals surface area contributed by atoms with Crippen LogP contribution in [-0.2, 0) is 28.6 Å². The second-order valence-electron chi connectivity index (χ2n) is 16.4. The molecule has 0 unspecified atom stereocenters. The second-order valence-corrected chi connectivity index (χ2v) is 16.4. The lowest BCUT2D eigenvalue weighted by Gasteiger charge is -2.18. The summed E-state index contributed by atoms with van der Waals surface area (Å²) >= 11 is 0. The number of esters is 3. The molecule has 0 aromatic rings. The number of unbranched alkanes of at least 4 members (excludes halogenated alkanes) is 21. The van der Waals surface area contributed by atoms with Gasteiger partial charge in [0, 0.05) is 19.3 Å². The Kier molecular flexibility index (Phi) is 46.0. The van der Waals surface area contributed by atoms with Gasteiger partial charge >= 0.3 is 17.9 Å². The maximum absolute atomic E-state index is 12.8. The van der Waals surface area contributed by atoms with E-state index in [4.69, 9.17) is 14.2 Å². The molecule has 6 nitrogen and oxygen atoms in total. The molecule has 0 saturated carbocycles. The quantitative estimate of drug-likeness (QED) is 0.0263. The van der Waals surface area contributed by atoms with Crippen molar-refractivity contribution < 1.29 is 28.6 Å². The van der Waals surface area contributed by atoms with E-state index in [2.05, 4.69) is 93.7 Å². The fourth-order valence-corrected chi connectivity index (χ4v) is 6.59. The van der Waals surface area contributed by atoms with Gasteiger partial charge < -0.3 is 14.2 Å². The molecular formula is C54H92O6. The fourth-order valence-electron chi connectivity index (χ4n) is 6.59. The van der Waals surface area contributed by atoms with Gasteiger partial charge in [-0.05, 0) is 103 Å². The van der Waals surface area contributed by atoms with Crippen LogP contribution in [0.3, 0.4) is 0 Å². The number of ether oxygens (including phenoxy) is 3. The molecule has 0 aliphatic rings. The highest BCUT2D eigenvalue weighted by Crippen LogP contribution is 2.13. The van der Waals surface area contributed by atoms with Crippen molar-refractivity contribution in [2.45, 2.75) is 239 Å². The van der Waals surface area contributed by atoms with Gasteiger partial charge in [-0.25, -0.2) is 0 Å². The first kappa shape index (κ1) is 56.9. The van der Waals surface area contributed by atoms with Crippen LogP contribution < -0.4 is 0 Å². The molecule has 0 aliphatic carbocycles. The van der Waals surface area contributed by atoms with Gasteiger partial charge in [0.05, 0.1) is 0 Å². The molecule has 0 rings (SSSR count). The standard InChI is InChI=1S/C54H92O6/c1-4-7-10-13-16-19-22-24-26-27-28-30-32-35-38-41-44-47-53(56)59-50-51(49-58-52(55)46-43-40-37-34-31-21-18-15-12-9-6-3)60-54(57)48-45-42-39-36-33-29-25-23-20-17-14-11-8-5-2/h15-16,18-19,23-26,28,30,35,38,51H,4-14,17,20-22,27,29,31-34,36-37,39-50H2,1-3H3/b18-15-,19-16-,25-23-,26-24-,30-28-,38-35-/t51-/m1/s1. The summed E-state index contributed by atoms with van der Waals surface area (Å²) in [5.41, 5.74) is 0. The van der Waals surface area contributed by atoms with Crippen molar-refractivity contribution in [3.05, 3.63) is 72.9 Å². The van der Waals surface area contributed by atoms with Crippen LogP contribution in [0.2, 0.25) is 0 Å². The first-order valence-corrected chi connectivity index (χ1v) is 24.9. The Morgan fingerprint density at radius 2 is 0.633 bits per heavy atom. The van der Waals surface area contributed by atoms with Gasteiger partial charge in [-0.15, -0.1) is 0 Å². The highest BCUT2D eigenvalue weighted by Gasteiger charge is 2.19. The lowest BCUT2D eigenvalue weighted by molar-refractivity contribution is -0.167. The minimum absolute atomic E-state index is 0.100. The number of rotatable bonds is 44. The van der Waals surface area contributed by atoms with Gasteiger partial charge in [0.15, 0.2) is 6.10 Å². The summed E-state index contributed by atoms with van der Waals surface area (Å²) in [6, 6.07) is 0. The molecule has 0 saturated heterocycles. The molecule has 0 aromatic heterocycles. The van der Waals surface area contributed by atoms with Crippen LogP contribution in [0, 0.1) is 0 Å². The Labute approximate surface area is 370 Å². The number of hydrogen-bond acceptors (Lipinski definition) is 6. The predicted molar refractivity (Wildman–Crippen MR) is 256 cm³/mol. The molecule has 0 aliphatic heterocycles. The van der Waals surface area contributed by atoms with Gasteiger partial charge in [-0.2, -0.15) is 0 Å². The average molecular weight is 837 g/mol. The molecule has 1 atom stereocenters. The molecule has 0 N–H and O–H groups in total. The SMILES string of the molecule is CCCC/C=C\CCCCCCCC(=O)OC[C@H](COC(=O)CCC/C=C\C/C=C\C/C=C\C/C=C\CCCCC)OC(=O)CCCCCCC/C=C\CCCCCCC. The van der Waals surface area contributed by atoms with Crippen LogP contribution in [0.15, 0.2) is 72.9 Å². The summed E-state index contributed by atoms with van der Waals surface area (Å²) in [5, 5.41) is 0. The minimum atomic E-state index is -0.803. The van der Waals surface area contributed by atoms with Crippen LogP contribution in [0.1, 0.15) is 233 Å². The van der Waals surface area contributed by atoms with E-state index in [1.165, 1.54) is 96.3 Å². The zero-order valence-electron chi connectivity index (χ0n) is 39.2. The van der Waals surface area contributed by atoms with Crippen molar-refractivity contribution in [2.75, 3.05) is 13.2 Å². The van der Waals surface area contributed by atoms with Crippen molar-refractivity contribution in [1.29, 1.82) is 0 Å². The van der Waals surface area contributed by atoms with E-state index in [0.717, 1.165) is 89.9 Å². The molecule has 0 heterocycles. The first-order valence-electron chi connectivity index (χ1n) is 24.9. The van der Waals surface area contributed by atoms with Gasteiger partial charge in [-0.3, -0.25) is 14.4 Å². The number of hydrogen-bond donors (Lipinski definition) is 0. The zero-order valence-corrected chi connectivity index (χ0v) is 39.2. The summed E-state index contributed by atoms with van der Waals surface area (Å²) in [4.78, 5) is 37.8. The number of allylic oxidation sites excluding steroid dienone is 12. The van der Waals surface area contributed by atoms with Crippen molar-refractivity contribution in [1.82, 2.24) is 0 Å². The van der Waals surface area contributed by atoms with E-state index >= 15 is 0 Å². The highest BCUT2D eigenvalue weighted by atomic mass is 16.6. The highest BCUT2D eigenvalue weighted by molar-refractivity contribution is 5.71. The van der Waals surface area contributed by atoms with Gasteiger partial charge in [0.1, 0.15) is 13.2 Å². The Hall–Kier alpha value is -3.15. The third-order valence-electron chi connectivity index (χ3n) is 10.4. The predicted octanol–water partition coefficient (Wildman–Crippen LogP) is 16.3. The van der Waals surface area contributed by atoms with Gasteiger partial charge in [-0.1, -0.05) is 184 Å². The summed E-state index contributed by atoms with van der Waals surface area (Å²) in [7, 11) is 0. The smallest absolute Gasteiger partial charge is 0.306 e. The van der Waals surface area contributed by atoms with E-state index in [9.17, 15) is 14.4 Å². The second kappa shape index (κ2) is 48.5. The molecule has 0 radical (unpaired) electrons. The van der Waals surface area contributed by atoms with Crippen molar-refractivity contribution in [2.24, 2.45) is 0 Å². The lowest BCUT2D eigenvalue weighted by atomic mass is 10.1. The summed E-state index contributed by atoms with van der Waals surface area (Å²) in [6.07, 6.45) is 60.3. The molecule has 0 aromatic carbocycles. The normalized spacial score (nSPS) is 12.7. The van der Waals surface area contributed by atoms with E-state index in [1.807, 2.05) is 0 Å². The van der Waals surface area contributed by atoms with Crippen LogP contribution in [-0.4, -0.2) is 37.2 Å². The van der Waals surface area contributed by atoms with Gasteiger partial charge in [0.25, 0.3) is 0 Å². The van der Waals surface area contributed by atoms with Crippen molar-refractivity contribution in [3.8, 4) is 0 Å². The zero-order chi connectivity index (χ0) is 43.7. The van der Waals surface area contributed by atoms with Crippen LogP contribution in [0.25, 0.3) is 0 Å². The van der Waals surface area contributed by atoms with E-state index in [1.54, 1.807) is 0 Å². The van der Waals surface area contributed by atoms with Crippen molar-refractivity contribution >= 4 is 17.9 Å². The monoisotopic (exact) mass is 837 g/mol. The molecule has 0 bridgehead atoms. The average Bonchev–Trinajstić information content (AvgIpc) is 3.24. The van der Waals surface area contributed by atoms with Crippen LogP contribution in [0.4, 0.5) is 0 Å². The van der Waals surface area contributed by atoms with Gasteiger partial charge in [0.2, 0.25) is 0 Å². The van der Waals surface area contributed by atoms with E-state index in [-0.39, 0.29) is 37.5 Å². The minimum Gasteiger partial charge on any atom is -0.462 e. The maximum Gasteiger partial charge on any atom is 0.306 e. The topological polar surface area (TPSA) is 78.9 Å². The van der Waals surface area contributed by atoms with E-state index in [0.29, 0.717) is 19.3 Å². The lowest BCUT2D eigenvalue weighted by Crippen LogP contribution is -2.30. The summed E-state index contributed by atoms with van der Waals surface area (Å²) in [6.45, 7) is 6.49. The summed E-state index contributed by atoms with van der Waals surface area (Å²) in [5.74, 6) is -0.978. The Morgan fingerprint density at radius 1 is 0.333 bits per heavy atom. The third kappa shape index (κ3) is 45.9.